The van der Waals surface area contributed by atoms with E-state index in [0.29, 0.717) is 44.8 Å². The number of hydrogen-bond acceptors (Lipinski definition) is 7. The number of halogens is 2. The molecule has 0 bridgehead atoms. The molecular formula is C25H26Cl2N4O3S. The van der Waals surface area contributed by atoms with Crippen molar-refractivity contribution in [2.75, 3.05) is 18.2 Å². The first-order chi connectivity index (χ1) is 16.9. The maximum absolute atomic E-state index is 12.7. The van der Waals surface area contributed by atoms with Crippen molar-refractivity contribution in [2.45, 2.75) is 44.5 Å². The molecule has 184 valence electrons. The predicted octanol–water partition coefficient (Wildman–Crippen LogP) is 6.52. The third-order valence-corrected chi connectivity index (χ3v) is 7.22. The summed E-state index contributed by atoms with van der Waals surface area (Å²) in [5.74, 6) is 1.80. The topological polar surface area (TPSA) is 78.3 Å². The van der Waals surface area contributed by atoms with Gasteiger partial charge in [0.05, 0.1) is 22.7 Å². The third kappa shape index (κ3) is 5.77. The smallest absolute Gasteiger partial charge is 0.338 e. The molecule has 2 heterocycles. The van der Waals surface area contributed by atoms with Crippen molar-refractivity contribution in [1.82, 2.24) is 14.8 Å². The summed E-state index contributed by atoms with van der Waals surface area (Å²) in [6.07, 6.45) is 2.19. The fourth-order valence-corrected chi connectivity index (χ4v) is 4.96. The second kappa shape index (κ2) is 11.4. The van der Waals surface area contributed by atoms with Gasteiger partial charge in [0.25, 0.3) is 0 Å². The van der Waals surface area contributed by atoms with E-state index in [4.69, 9.17) is 37.8 Å². The van der Waals surface area contributed by atoms with Crippen LogP contribution >= 0.6 is 35.0 Å². The summed E-state index contributed by atoms with van der Waals surface area (Å²) in [5.41, 5.74) is 2.95. The van der Waals surface area contributed by atoms with Crippen LogP contribution in [0.3, 0.4) is 0 Å². The summed E-state index contributed by atoms with van der Waals surface area (Å²) < 4.78 is 12.8. The molecule has 4 rings (SSSR count). The second-order valence-electron chi connectivity index (χ2n) is 8.03. The maximum Gasteiger partial charge on any atom is 0.338 e. The van der Waals surface area contributed by atoms with Crippen molar-refractivity contribution >= 4 is 46.9 Å². The van der Waals surface area contributed by atoms with Gasteiger partial charge in [-0.2, -0.15) is 4.98 Å². The van der Waals surface area contributed by atoms with Crippen LogP contribution in [0.25, 0.3) is 0 Å². The first-order valence-electron chi connectivity index (χ1n) is 11.2. The van der Waals surface area contributed by atoms with Gasteiger partial charge >= 0.3 is 5.97 Å². The number of anilines is 1. The fraction of sp³-hybridized carbons (Fsp3) is 0.320. The molecule has 0 fully saturated rings. The highest BCUT2D eigenvalue weighted by atomic mass is 35.5. The minimum Gasteiger partial charge on any atom is -0.489 e. The average Bonchev–Trinajstić information content (AvgIpc) is 3.26. The molecule has 3 aromatic rings. The fourth-order valence-electron chi connectivity index (χ4n) is 3.73. The van der Waals surface area contributed by atoms with Crippen molar-refractivity contribution in [3.8, 4) is 5.75 Å². The third-order valence-electron chi connectivity index (χ3n) is 5.55. The molecule has 1 aliphatic heterocycles. The lowest BCUT2D eigenvalue weighted by atomic mass is 9.96. The van der Waals surface area contributed by atoms with E-state index in [2.05, 4.69) is 17.2 Å². The quantitative estimate of drug-likeness (QED) is 0.191. The van der Waals surface area contributed by atoms with Gasteiger partial charge in [0.15, 0.2) is 0 Å². The zero-order valence-electron chi connectivity index (χ0n) is 19.7. The van der Waals surface area contributed by atoms with E-state index < -0.39 is 12.0 Å². The van der Waals surface area contributed by atoms with Crippen molar-refractivity contribution in [3.63, 3.8) is 0 Å². The molecule has 1 N–H and O–H groups in total. The Bertz CT molecular complexity index is 1240. The Hall–Kier alpha value is -2.68. The number of benzene rings is 2. The number of methoxy groups -OCH3 is 1. The molecule has 1 aromatic heterocycles. The second-order valence-corrected chi connectivity index (χ2v) is 9.91. The van der Waals surface area contributed by atoms with Crippen LogP contribution < -0.4 is 10.1 Å². The zero-order chi connectivity index (χ0) is 24.9. The maximum atomic E-state index is 12.7. The van der Waals surface area contributed by atoms with Gasteiger partial charge in [-0.15, -0.1) is 5.10 Å². The Morgan fingerprint density at radius 2 is 1.94 bits per heavy atom. The van der Waals surface area contributed by atoms with Crippen molar-refractivity contribution in [2.24, 2.45) is 0 Å². The number of carbonyl (C=O) groups is 1. The lowest BCUT2D eigenvalue weighted by Gasteiger charge is -2.27. The molecule has 1 aliphatic rings. The van der Waals surface area contributed by atoms with Crippen molar-refractivity contribution in [1.29, 1.82) is 0 Å². The molecule has 10 heteroatoms. The molecule has 0 radical (unpaired) electrons. The Labute approximate surface area is 218 Å². The van der Waals surface area contributed by atoms with Gasteiger partial charge in [0, 0.05) is 11.4 Å². The van der Waals surface area contributed by atoms with Gasteiger partial charge in [-0.05, 0) is 48.7 Å². The number of esters is 1. The van der Waals surface area contributed by atoms with Crippen LogP contribution in [0.2, 0.25) is 10.0 Å². The van der Waals surface area contributed by atoms with E-state index in [-0.39, 0.29) is 0 Å². The molecule has 0 amide bonds. The van der Waals surface area contributed by atoms with Gasteiger partial charge in [0.1, 0.15) is 18.4 Å². The number of fused-ring (bicyclic) bond motifs is 1. The van der Waals surface area contributed by atoms with Gasteiger partial charge in [-0.25, -0.2) is 9.48 Å². The number of allylic oxidation sites excluding steroid dienone is 1. The monoisotopic (exact) mass is 532 g/mol. The molecule has 2 aromatic carbocycles. The summed E-state index contributed by atoms with van der Waals surface area (Å²) in [6.45, 7) is 4.34. The van der Waals surface area contributed by atoms with Crippen LogP contribution in [0.5, 0.6) is 5.75 Å². The van der Waals surface area contributed by atoms with Gasteiger partial charge < -0.3 is 14.8 Å². The first-order valence-corrected chi connectivity index (χ1v) is 13.0. The highest BCUT2D eigenvalue weighted by molar-refractivity contribution is 7.99. The largest absolute Gasteiger partial charge is 0.489 e. The van der Waals surface area contributed by atoms with E-state index in [1.165, 1.54) is 7.11 Å². The molecule has 7 nitrogen and oxygen atoms in total. The SMILES string of the molecule is CCCCSc1nc2n(n1)C(c1ccc(OCc3ccc(Cl)c(Cl)c3)cc1)C(C(=O)OC)=C(C)N2. The van der Waals surface area contributed by atoms with E-state index in [0.717, 1.165) is 29.7 Å². The van der Waals surface area contributed by atoms with E-state index in [1.54, 1.807) is 28.6 Å². The molecular weight excluding hydrogens is 507 g/mol. The highest BCUT2D eigenvalue weighted by Gasteiger charge is 2.35. The summed E-state index contributed by atoms with van der Waals surface area (Å²) in [4.78, 5) is 17.4. The normalized spacial score (nSPS) is 14.9. The average molecular weight is 533 g/mol. The minimum absolute atomic E-state index is 0.349. The number of nitrogens with zero attached hydrogens (tertiary/aromatic N) is 3. The van der Waals surface area contributed by atoms with Crippen LogP contribution in [0.15, 0.2) is 58.9 Å². The standard InChI is InChI=1S/C25H26Cl2N4O3S/c1-4-5-12-35-25-29-24-28-15(2)21(23(32)33-3)22(31(24)30-25)17-7-9-18(10-8-17)34-14-16-6-11-19(26)20(27)13-16/h6-11,13,22H,4-5,12,14H2,1-3H3,(H,28,29,30). The number of ether oxygens (including phenoxy) is 2. The molecule has 0 aliphatic carbocycles. The number of aromatic nitrogens is 3. The predicted molar refractivity (Wildman–Crippen MR) is 139 cm³/mol. The number of unbranched alkanes of at least 4 members (excludes halogenated alkanes) is 1. The number of carbonyl (C=O) groups excluding carboxylic acids is 1. The Morgan fingerprint density at radius 3 is 2.63 bits per heavy atom. The Morgan fingerprint density at radius 1 is 1.17 bits per heavy atom. The number of thioether (sulfide) groups is 1. The van der Waals surface area contributed by atoms with Gasteiger partial charge in [-0.1, -0.05) is 66.5 Å². The number of nitrogens with one attached hydrogen (secondary N) is 1. The Kier molecular flexibility index (Phi) is 8.26. The Balaban J connectivity index is 1.59. The minimum atomic E-state index is -0.476. The molecule has 1 unspecified atom stereocenters. The van der Waals surface area contributed by atoms with Crippen molar-refractivity contribution in [3.05, 3.63) is 74.9 Å². The van der Waals surface area contributed by atoms with Crippen LogP contribution in [-0.4, -0.2) is 33.6 Å². The molecule has 0 saturated carbocycles. The molecule has 1 atom stereocenters. The molecule has 0 spiro atoms. The summed E-state index contributed by atoms with van der Waals surface area (Å²) >= 11 is 13.7. The summed E-state index contributed by atoms with van der Waals surface area (Å²) in [6, 6.07) is 12.5. The highest BCUT2D eigenvalue weighted by Crippen LogP contribution is 2.37. The number of hydrogen-bond donors (Lipinski definition) is 1. The van der Waals surface area contributed by atoms with Crippen LogP contribution in [0.4, 0.5) is 5.95 Å². The van der Waals surface area contributed by atoms with Gasteiger partial charge in [0.2, 0.25) is 11.1 Å². The van der Waals surface area contributed by atoms with E-state index >= 15 is 0 Å². The zero-order valence-corrected chi connectivity index (χ0v) is 22.0. The van der Waals surface area contributed by atoms with Crippen LogP contribution in [0, 0.1) is 0 Å². The van der Waals surface area contributed by atoms with Crippen LogP contribution in [0.1, 0.15) is 43.9 Å². The number of rotatable bonds is 9. The molecule has 0 saturated heterocycles. The summed E-state index contributed by atoms with van der Waals surface area (Å²) in [7, 11) is 1.38. The lowest BCUT2D eigenvalue weighted by molar-refractivity contribution is -0.136. The first kappa shape index (κ1) is 25.4. The summed E-state index contributed by atoms with van der Waals surface area (Å²) in [5, 5.41) is 9.58. The lowest BCUT2D eigenvalue weighted by Crippen LogP contribution is -2.29. The van der Waals surface area contributed by atoms with Gasteiger partial charge in [-0.3, -0.25) is 0 Å². The van der Waals surface area contributed by atoms with E-state index in [1.807, 2.05) is 37.3 Å². The van der Waals surface area contributed by atoms with Crippen LogP contribution in [-0.2, 0) is 16.1 Å². The molecule has 35 heavy (non-hydrogen) atoms. The van der Waals surface area contributed by atoms with Crippen molar-refractivity contribution < 1.29 is 14.3 Å². The van der Waals surface area contributed by atoms with E-state index in [9.17, 15) is 4.79 Å².